The highest BCUT2D eigenvalue weighted by Gasteiger charge is 2.16. The number of hydrogen-bond donors (Lipinski definition) is 2. The summed E-state index contributed by atoms with van der Waals surface area (Å²) in [7, 11) is 0. The molecule has 0 radical (unpaired) electrons. The average molecular weight is 295 g/mol. The lowest BCUT2D eigenvalue weighted by Crippen LogP contribution is -2.35. The quantitative estimate of drug-likeness (QED) is 0.811. The van der Waals surface area contributed by atoms with Crippen molar-refractivity contribution >= 4 is 0 Å². The van der Waals surface area contributed by atoms with Crippen LogP contribution in [-0.4, -0.2) is 29.5 Å². The summed E-state index contributed by atoms with van der Waals surface area (Å²) in [5, 5.41) is 13.2. The molecule has 0 spiro atoms. The molecule has 0 saturated heterocycles. The Kier molecular flexibility index (Phi) is 6.05. The van der Waals surface area contributed by atoms with Gasteiger partial charge in [0.2, 0.25) is 0 Å². The normalized spacial score (nSPS) is 12.3. The second-order valence-electron chi connectivity index (χ2n) is 6.92. The Bertz CT molecular complexity index is 444. The summed E-state index contributed by atoms with van der Waals surface area (Å²) < 4.78 is 11.3. The van der Waals surface area contributed by atoms with Crippen molar-refractivity contribution in [3.8, 4) is 11.5 Å². The molecule has 0 unspecified atom stereocenters. The summed E-state index contributed by atoms with van der Waals surface area (Å²) >= 11 is 0. The number of ether oxygens (including phenoxy) is 2. The molecule has 0 aromatic heterocycles. The Balaban J connectivity index is 2.81. The van der Waals surface area contributed by atoms with Crippen LogP contribution in [0.2, 0.25) is 0 Å². The van der Waals surface area contributed by atoms with Crippen LogP contribution in [0.4, 0.5) is 0 Å². The van der Waals surface area contributed by atoms with Gasteiger partial charge in [-0.1, -0.05) is 6.07 Å². The Labute approximate surface area is 128 Å². The van der Waals surface area contributed by atoms with E-state index in [9.17, 15) is 5.11 Å². The molecule has 120 valence electrons. The highest BCUT2D eigenvalue weighted by molar-refractivity contribution is 5.43. The van der Waals surface area contributed by atoms with Crippen LogP contribution in [-0.2, 0) is 6.54 Å². The fourth-order valence-electron chi connectivity index (χ4n) is 1.67. The third kappa shape index (κ3) is 7.34. The van der Waals surface area contributed by atoms with Crippen molar-refractivity contribution in [3.05, 3.63) is 23.8 Å². The highest BCUT2D eigenvalue weighted by Crippen LogP contribution is 2.29. The van der Waals surface area contributed by atoms with Crippen molar-refractivity contribution in [2.45, 2.75) is 59.2 Å². The van der Waals surface area contributed by atoms with Crippen LogP contribution < -0.4 is 14.8 Å². The first kappa shape index (κ1) is 17.8. The predicted octanol–water partition coefficient (Wildman–Crippen LogP) is 3.12. The van der Waals surface area contributed by atoms with E-state index in [2.05, 4.69) is 26.1 Å². The minimum atomic E-state index is -0.865. The van der Waals surface area contributed by atoms with Gasteiger partial charge in [0.25, 0.3) is 0 Å². The summed E-state index contributed by atoms with van der Waals surface area (Å²) in [6.45, 7) is 13.4. The lowest BCUT2D eigenvalue weighted by molar-refractivity contribution is 0.0274. The summed E-state index contributed by atoms with van der Waals surface area (Å²) in [6, 6.07) is 5.90. The predicted molar refractivity (Wildman–Crippen MR) is 86.0 cm³/mol. The zero-order chi connectivity index (χ0) is 16.1. The van der Waals surface area contributed by atoms with Gasteiger partial charge in [-0.25, -0.2) is 0 Å². The van der Waals surface area contributed by atoms with E-state index in [4.69, 9.17) is 9.47 Å². The van der Waals surface area contributed by atoms with Crippen LogP contribution in [0.3, 0.4) is 0 Å². The van der Waals surface area contributed by atoms with E-state index in [-0.39, 0.29) is 12.1 Å². The molecule has 0 bridgehead atoms. The lowest BCUT2D eigenvalue weighted by Gasteiger charge is -2.22. The maximum Gasteiger partial charge on any atom is 0.161 e. The van der Waals surface area contributed by atoms with Crippen molar-refractivity contribution < 1.29 is 14.6 Å². The molecule has 0 heterocycles. The Morgan fingerprint density at radius 2 is 1.71 bits per heavy atom. The monoisotopic (exact) mass is 295 g/mol. The summed E-state index contributed by atoms with van der Waals surface area (Å²) in [5.74, 6) is 1.38. The van der Waals surface area contributed by atoms with E-state index in [1.165, 1.54) is 0 Å². The maximum atomic E-state index is 9.75. The molecule has 0 amide bonds. The molecule has 0 saturated carbocycles. The molecule has 1 aromatic rings. The van der Waals surface area contributed by atoms with Crippen molar-refractivity contribution in [3.63, 3.8) is 0 Å². The lowest BCUT2D eigenvalue weighted by atomic mass is 10.1. The second kappa shape index (κ2) is 7.14. The van der Waals surface area contributed by atoms with E-state index in [0.29, 0.717) is 12.4 Å². The van der Waals surface area contributed by atoms with Crippen molar-refractivity contribution in [2.24, 2.45) is 0 Å². The summed E-state index contributed by atoms with van der Waals surface area (Å²) in [6.07, 6.45) is 0. The van der Waals surface area contributed by atoms with Crippen LogP contribution in [0, 0.1) is 0 Å². The van der Waals surface area contributed by atoms with Crippen molar-refractivity contribution in [1.82, 2.24) is 5.32 Å². The molecular formula is C17H29NO3. The zero-order valence-electron chi connectivity index (χ0n) is 14.1. The molecular weight excluding hydrogens is 266 g/mol. The molecule has 4 heteroatoms. The number of hydrogen-bond acceptors (Lipinski definition) is 4. The van der Waals surface area contributed by atoms with E-state index in [1.807, 2.05) is 25.1 Å². The molecule has 0 aliphatic rings. The Hall–Kier alpha value is -1.26. The molecule has 0 atom stereocenters. The third-order valence-corrected chi connectivity index (χ3v) is 2.71. The Morgan fingerprint density at radius 3 is 2.24 bits per heavy atom. The van der Waals surface area contributed by atoms with Gasteiger partial charge in [-0.2, -0.15) is 0 Å². The number of nitrogens with one attached hydrogen (secondary N) is 1. The molecule has 21 heavy (non-hydrogen) atoms. The average Bonchev–Trinajstić information content (AvgIpc) is 2.33. The summed E-state index contributed by atoms with van der Waals surface area (Å²) in [5.41, 5.74) is 0.349. The largest absolute Gasteiger partial charge is 0.490 e. The smallest absolute Gasteiger partial charge is 0.161 e. The third-order valence-electron chi connectivity index (χ3n) is 2.71. The second-order valence-corrected chi connectivity index (χ2v) is 6.92. The topological polar surface area (TPSA) is 50.7 Å². The van der Waals surface area contributed by atoms with E-state index in [0.717, 1.165) is 17.9 Å². The fraction of sp³-hybridized carbons (Fsp3) is 0.647. The molecule has 0 fully saturated rings. The highest BCUT2D eigenvalue weighted by atomic mass is 16.5. The van der Waals surface area contributed by atoms with Crippen LogP contribution >= 0.6 is 0 Å². The minimum absolute atomic E-state index is 0.0713. The van der Waals surface area contributed by atoms with Crippen LogP contribution in [0.25, 0.3) is 0 Å². The maximum absolute atomic E-state index is 9.75. The molecule has 0 aliphatic heterocycles. The molecule has 4 nitrogen and oxygen atoms in total. The molecule has 2 N–H and O–H groups in total. The minimum Gasteiger partial charge on any atom is -0.490 e. The van der Waals surface area contributed by atoms with Gasteiger partial charge in [0.05, 0.1) is 12.2 Å². The van der Waals surface area contributed by atoms with Crippen LogP contribution in [0.1, 0.15) is 47.1 Å². The van der Waals surface area contributed by atoms with Crippen molar-refractivity contribution in [1.29, 1.82) is 0 Å². The van der Waals surface area contributed by atoms with E-state index < -0.39 is 5.60 Å². The fourth-order valence-corrected chi connectivity index (χ4v) is 1.67. The van der Waals surface area contributed by atoms with Gasteiger partial charge in [-0.15, -0.1) is 0 Å². The van der Waals surface area contributed by atoms with Crippen molar-refractivity contribution in [2.75, 3.05) is 13.2 Å². The van der Waals surface area contributed by atoms with Gasteiger partial charge < -0.3 is 19.9 Å². The first-order valence-corrected chi connectivity index (χ1v) is 7.47. The standard InChI is InChI=1S/C17H29NO3/c1-7-20-15-10-13(11-18-16(2,3)4)8-9-14(15)21-12-17(5,6)19/h8-10,18-19H,7,11-12H2,1-6H3. The van der Waals surface area contributed by atoms with Gasteiger partial charge in [0, 0.05) is 12.1 Å². The van der Waals surface area contributed by atoms with Crippen LogP contribution in [0.15, 0.2) is 18.2 Å². The SMILES string of the molecule is CCOc1cc(CNC(C)(C)C)ccc1OCC(C)(C)O. The van der Waals surface area contributed by atoms with Gasteiger partial charge in [-0.3, -0.25) is 0 Å². The number of rotatable bonds is 7. The van der Waals surface area contributed by atoms with Gasteiger partial charge in [-0.05, 0) is 59.2 Å². The first-order valence-electron chi connectivity index (χ1n) is 7.47. The van der Waals surface area contributed by atoms with Crippen LogP contribution in [0.5, 0.6) is 11.5 Å². The van der Waals surface area contributed by atoms with Gasteiger partial charge >= 0.3 is 0 Å². The van der Waals surface area contributed by atoms with E-state index >= 15 is 0 Å². The molecule has 1 aromatic carbocycles. The van der Waals surface area contributed by atoms with Gasteiger partial charge in [0.1, 0.15) is 6.61 Å². The number of aliphatic hydroxyl groups is 1. The Morgan fingerprint density at radius 1 is 1.05 bits per heavy atom. The zero-order valence-corrected chi connectivity index (χ0v) is 14.1. The van der Waals surface area contributed by atoms with E-state index in [1.54, 1.807) is 13.8 Å². The molecule has 1 rings (SSSR count). The molecule has 0 aliphatic carbocycles. The van der Waals surface area contributed by atoms with Gasteiger partial charge in [0.15, 0.2) is 11.5 Å². The summed E-state index contributed by atoms with van der Waals surface area (Å²) in [4.78, 5) is 0. The first-order chi connectivity index (χ1) is 9.61. The number of benzene rings is 1.